The standard InChI is InChI=1S/C15H18F4N2O.ClH/c16-11-5-4-10(12(7-11)15(17,18)19)8-21-14(22)6-9-2-1-3-13(9)20;/h4-5,7,9,13H,1-3,6,8,20H2,(H,21,22);1H/t9-,13+;/m0./s1. The Bertz CT molecular complexity index is 551. The summed E-state index contributed by atoms with van der Waals surface area (Å²) in [4.78, 5) is 11.8. The molecule has 0 saturated heterocycles. The van der Waals surface area contributed by atoms with Crippen molar-refractivity contribution in [2.24, 2.45) is 11.7 Å². The molecule has 3 N–H and O–H groups in total. The van der Waals surface area contributed by atoms with Crippen LogP contribution in [0.2, 0.25) is 0 Å². The zero-order valence-electron chi connectivity index (χ0n) is 12.3. The third-order valence-corrected chi connectivity index (χ3v) is 4.02. The summed E-state index contributed by atoms with van der Waals surface area (Å²) < 4.78 is 51.5. The first kappa shape index (κ1) is 19.7. The lowest BCUT2D eigenvalue weighted by atomic mass is 9.99. The Morgan fingerprint density at radius 3 is 2.57 bits per heavy atom. The fraction of sp³-hybridized carbons (Fsp3) is 0.533. The van der Waals surface area contributed by atoms with Crippen molar-refractivity contribution in [3.05, 3.63) is 35.1 Å². The molecule has 3 nitrogen and oxygen atoms in total. The third kappa shape index (κ3) is 5.35. The van der Waals surface area contributed by atoms with Crippen LogP contribution in [0.15, 0.2) is 18.2 Å². The number of hydrogen-bond donors (Lipinski definition) is 2. The van der Waals surface area contributed by atoms with Crippen molar-refractivity contribution < 1.29 is 22.4 Å². The lowest BCUT2D eigenvalue weighted by Crippen LogP contribution is -2.31. The van der Waals surface area contributed by atoms with Crippen molar-refractivity contribution in [1.82, 2.24) is 5.32 Å². The van der Waals surface area contributed by atoms with E-state index in [0.717, 1.165) is 31.4 Å². The van der Waals surface area contributed by atoms with E-state index in [1.54, 1.807) is 0 Å². The van der Waals surface area contributed by atoms with E-state index in [1.165, 1.54) is 0 Å². The molecule has 0 aromatic heterocycles. The minimum Gasteiger partial charge on any atom is -0.352 e. The number of carbonyl (C=O) groups excluding carboxylic acids is 1. The molecule has 0 bridgehead atoms. The van der Waals surface area contributed by atoms with Gasteiger partial charge in [0.2, 0.25) is 5.91 Å². The number of nitrogens with one attached hydrogen (secondary N) is 1. The molecule has 1 saturated carbocycles. The van der Waals surface area contributed by atoms with Crippen molar-refractivity contribution in [2.45, 2.75) is 44.4 Å². The van der Waals surface area contributed by atoms with Gasteiger partial charge < -0.3 is 11.1 Å². The minimum atomic E-state index is -4.66. The average molecular weight is 355 g/mol. The number of nitrogens with two attached hydrogens (primary N) is 1. The van der Waals surface area contributed by atoms with Crippen LogP contribution in [0.1, 0.15) is 36.8 Å². The summed E-state index contributed by atoms with van der Waals surface area (Å²) in [6, 6.07) is 2.40. The van der Waals surface area contributed by atoms with Crippen LogP contribution in [0.5, 0.6) is 0 Å². The van der Waals surface area contributed by atoms with E-state index in [2.05, 4.69) is 5.32 Å². The van der Waals surface area contributed by atoms with E-state index in [4.69, 9.17) is 5.73 Å². The quantitative estimate of drug-likeness (QED) is 0.814. The molecule has 1 aromatic rings. The molecular weight excluding hydrogens is 336 g/mol. The predicted octanol–water partition coefficient (Wildman–Crippen LogP) is 3.40. The normalized spacial score (nSPS) is 20.9. The van der Waals surface area contributed by atoms with E-state index < -0.39 is 17.6 Å². The van der Waals surface area contributed by atoms with E-state index >= 15 is 0 Å². The van der Waals surface area contributed by atoms with Gasteiger partial charge in [0, 0.05) is 19.0 Å². The molecular formula is C15H19ClF4N2O. The van der Waals surface area contributed by atoms with E-state index in [-0.39, 0.29) is 48.8 Å². The fourth-order valence-electron chi connectivity index (χ4n) is 2.79. The molecule has 1 aliphatic rings. The van der Waals surface area contributed by atoms with Gasteiger partial charge in [-0.05, 0) is 36.5 Å². The maximum atomic E-state index is 13.0. The van der Waals surface area contributed by atoms with Crippen molar-refractivity contribution in [1.29, 1.82) is 0 Å². The lowest BCUT2D eigenvalue weighted by Gasteiger charge is -2.16. The monoisotopic (exact) mass is 354 g/mol. The van der Waals surface area contributed by atoms with Crippen LogP contribution in [0.3, 0.4) is 0 Å². The Labute approximate surface area is 138 Å². The summed E-state index contributed by atoms with van der Waals surface area (Å²) >= 11 is 0. The SMILES string of the molecule is Cl.N[C@@H]1CCC[C@H]1CC(=O)NCc1ccc(F)cc1C(F)(F)F. The van der Waals surface area contributed by atoms with Crippen LogP contribution < -0.4 is 11.1 Å². The highest BCUT2D eigenvalue weighted by Crippen LogP contribution is 2.32. The molecule has 1 fully saturated rings. The smallest absolute Gasteiger partial charge is 0.352 e. The fourth-order valence-corrected chi connectivity index (χ4v) is 2.79. The van der Waals surface area contributed by atoms with Gasteiger partial charge in [0.25, 0.3) is 0 Å². The molecule has 1 amide bonds. The molecule has 1 aliphatic carbocycles. The molecule has 0 aliphatic heterocycles. The van der Waals surface area contributed by atoms with Gasteiger partial charge in [-0.15, -0.1) is 12.4 Å². The number of alkyl halides is 3. The molecule has 2 rings (SSSR count). The Kier molecular flexibility index (Phi) is 6.83. The third-order valence-electron chi connectivity index (χ3n) is 4.02. The Balaban J connectivity index is 0.00000264. The first-order chi connectivity index (χ1) is 10.3. The van der Waals surface area contributed by atoms with Gasteiger partial charge in [-0.3, -0.25) is 4.79 Å². The molecule has 0 unspecified atom stereocenters. The van der Waals surface area contributed by atoms with Crippen molar-refractivity contribution in [3.63, 3.8) is 0 Å². The van der Waals surface area contributed by atoms with Crippen LogP contribution in [-0.4, -0.2) is 11.9 Å². The number of rotatable bonds is 4. The Hall–Kier alpha value is -1.34. The van der Waals surface area contributed by atoms with Gasteiger partial charge in [0.15, 0.2) is 0 Å². The maximum Gasteiger partial charge on any atom is 0.416 e. The summed E-state index contributed by atoms with van der Waals surface area (Å²) in [5.74, 6) is -1.21. The lowest BCUT2D eigenvalue weighted by molar-refractivity contribution is -0.138. The first-order valence-electron chi connectivity index (χ1n) is 7.15. The summed E-state index contributed by atoms with van der Waals surface area (Å²) in [7, 11) is 0. The number of hydrogen-bond acceptors (Lipinski definition) is 2. The molecule has 130 valence electrons. The van der Waals surface area contributed by atoms with E-state index in [1.807, 2.05) is 0 Å². The molecule has 23 heavy (non-hydrogen) atoms. The van der Waals surface area contributed by atoms with Crippen LogP contribution in [0.4, 0.5) is 17.6 Å². The van der Waals surface area contributed by atoms with E-state index in [0.29, 0.717) is 6.07 Å². The molecule has 0 spiro atoms. The van der Waals surface area contributed by atoms with Crippen LogP contribution in [-0.2, 0) is 17.5 Å². The van der Waals surface area contributed by atoms with Gasteiger partial charge in [0.05, 0.1) is 5.56 Å². The highest BCUT2D eigenvalue weighted by atomic mass is 35.5. The topological polar surface area (TPSA) is 55.1 Å². The number of benzene rings is 1. The molecule has 0 radical (unpaired) electrons. The first-order valence-corrected chi connectivity index (χ1v) is 7.15. The number of amides is 1. The van der Waals surface area contributed by atoms with Crippen molar-refractivity contribution in [3.8, 4) is 0 Å². The number of carbonyl (C=O) groups is 1. The summed E-state index contributed by atoms with van der Waals surface area (Å²) in [5, 5.41) is 2.46. The second-order valence-corrected chi connectivity index (χ2v) is 5.63. The molecule has 1 aromatic carbocycles. The zero-order chi connectivity index (χ0) is 16.3. The second-order valence-electron chi connectivity index (χ2n) is 5.63. The van der Waals surface area contributed by atoms with E-state index in [9.17, 15) is 22.4 Å². The van der Waals surface area contributed by atoms with Crippen LogP contribution in [0.25, 0.3) is 0 Å². The zero-order valence-corrected chi connectivity index (χ0v) is 13.1. The van der Waals surface area contributed by atoms with Gasteiger partial charge in [-0.25, -0.2) is 4.39 Å². The van der Waals surface area contributed by atoms with Crippen LogP contribution in [0, 0.1) is 11.7 Å². The van der Waals surface area contributed by atoms with Gasteiger partial charge in [-0.1, -0.05) is 12.5 Å². The predicted molar refractivity (Wildman–Crippen MR) is 80.4 cm³/mol. The average Bonchev–Trinajstić information content (AvgIpc) is 2.82. The highest BCUT2D eigenvalue weighted by Gasteiger charge is 2.34. The highest BCUT2D eigenvalue weighted by molar-refractivity contribution is 5.85. The summed E-state index contributed by atoms with van der Waals surface area (Å²) in [6.45, 7) is -0.282. The second kappa shape index (κ2) is 7.97. The van der Waals surface area contributed by atoms with Gasteiger partial charge >= 0.3 is 6.18 Å². The van der Waals surface area contributed by atoms with Crippen LogP contribution >= 0.6 is 12.4 Å². The molecule has 2 atom stereocenters. The van der Waals surface area contributed by atoms with Crippen molar-refractivity contribution >= 4 is 18.3 Å². The number of halogens is 5. The largest absolute Gasteiger partial charge is 0.416 e. The van der Waals surface area contributed by atoms with Gasteiger partial charge in [-0.2, -0.15) is 13.2 Å². The van der Waals surface area contributed by atoms with Crippen molar-refractivity contribution in [2.75, 3.05) is 0 Å². The van der Waals surface area contributed by atoms with Gasteiger partial charge in [0.1, 0.15) is 5.82 Å². The minimum absolute atomic E-state index is 0. The molecule has 0 heterocycles. The Morgan fingerprint density at radius 1 is 1.30 bits per heavy atom. The molecule has 8 heteroatoms. The summed E-state index contributed by atoms with van der Waals surface area (Å²) in [6.07, 6.45) is -1.75. The Morgan fingerprint density at radius 2 is 2.00 bits per heavy atom. The maximum absolute atomic E-state index is 13.0. The summed E-state index contributed by atoms with van der Waals surface area (Å²) in [5.41, 5.74) is 4.64.